The Balaban J connectivity index is 1.56. The standard InChI is InChI=1S/C19H36O3S/c1-3-4-16-5-7-17(8-6-16)9-10-18-11-13-19(14-12-18)15-22-23(2,20)21/h16-19H,3-15H2,1-2H3. The summed E-state index contributed by atoms with van der Waals surface area (Å²) >= 11 is 0. The van der Waals surface area contributed by atoms with Gasteiger partial charge in [-0.2, -0.15) is 8.42 Å². The van der Waals surface area contributed by atoms with E-state index in [1.54, 1.807) is 0 Å². The maximum absolute atomic E-state index is 11.1. The van der Waals surface area contributed by atoms with Gasteiger partial charge in [0.05, 0.1) is 12.9 Å². The van der Waals surface area contributed by atoms with Gasteiger partial charge in [-0.25, -0.2) is 0 Å². The van der Waals surface area contributed by atoms with Crippen LogP contribution in [0.25, 0.3) is 0 Å². The van der Waals surface area contributed by atoms with Crippen LogP contribution in [-0.4, -0.2) is 21.3 Å². The molecule has 0 aliphatic heterocycles. The van der Waals surface area contributed by atoms with Crippen molar-refractivity contribution in [1.29, 1.82) is 0 Å². The zero-order valence-electron chi connectivity index (χ0n) is 15.1. The van der Waals surface area contributed by atoms with Crippen molar-refractivity contribution < 1.29 is 12.6 Å². The fraction of sp³-hybridized carbons (Fsp3) is 1.00. The van der Waals surface area contributed by atoms with Gasteiger partial charge in [0.1, 0.15) is 0 Å². The molecule has 0 unspecified atom stereocenters. The van der Waals surface area contributed by atoms with Crippen molar-refractivity contribution in [3.8, 4) is 0 Å². The van der Waals surface area contributed by atoms with Crippen molar-refractivity contribution in [2.75, 3.05) is 12.9 Å². The lowest BCUT2D eigenvalue weighted by atomic mass is 9.75. The molecule has 2 fully saturated rings. The molecule has 0 amide bonds. The number of rotatable bonds is 8. The third-order valence-electron chi connectivity index (χ3n) is 6.13. The molecule has 2 aliphatic carbocycles. The maximum atomic E-state index is 11.1. The van der Waals surface area contributed by atoms with Gasteiger partial charge in [0, 0.05) is 0 Å². The average molecular weight is 345 g/mol. The van der Waals surface area contributed by atoms with E-state index in [2.05, 4.69) is 6.92 Å². The van der Waals surface area contributed by atoms with Crippen molar-refractivity contribution in [3.63, 3.8) is 0 Å². The first kappa shape index (κ1) is 19.2. The molecule has 2 aliphatic rings. The summed E-state index contributed by atoms with van der Waals surface area (Å²) in [5.74, 6) is 3.32. The molecule has 0 saturated heterocycles. The normalized spacial score (nSPS) is 32.8. The summed E-state index contributed by atoms with van der Waals surface area (Å²) in [6.45, 7) is 2.70. The van der Waals surface area contributed by atoms with E-state index in [0.29, 0.717) is 12.5 Å². The molecule has 2 rings (SSSR count). The number of hydrogen-bond acceptors (Lipinski definition) is 3. The van der Waals surface area contributed by atoms with Gasteiger partial charge in [0.2, 0.25) is 0 Å². The van der Waals surface area contributed by atoms with Gasteiger partial charge < -0.3 is 0 Å². The second kappa shape index (κ2) is 9.41. The minimum atomic E-state index is -3.27. The van der Waals surface area contributed by atoms with E-state index in [1.807, 2.05) is 0 Å². The van der Waals surface area contributed by atoms with E-state index in [-0.39, 0.29) is 0 Å². The fourth-order valence-electron chi connectivity index (χ4n) is 4.60. The zero-order valence-corrected chi connectivity index (χ0v) is 16.0. The van der Waals surface area contributed by atoms with Gasteiger partial charge in [0.15, 0.2) is 0 Å². The topological polar surface area (TPSA) is 43.4 Å². The Kier molecular flexibility index (Phi) is 7.87. The molecule has 0 aromatic heterocycles. The molecule has 136 valence electrons. The molecule has 0 aromatic rings. The second-order valence-corrected chi connectivity index (χ2v) is 9.77. The van der Waals surface area contributed by atoms with Gasteiger partial charge in [-0.05, 0) is 36.5 Å². The van der Waals surface area contributed by atoms with Gasteiger partial charge in [-0.1, -0.05) is 71.1 Å². The first-order chi connectivity index (χ1) is 11.0. The predicted octanol–water partition coefficient (Wildman–Crippen LogP) is 5.16. The SMILES string of the molecule is CCCC1CCC(CCC2CCC(COS(C)(=O)=O)CC2)CC1. The Morgan fingerprint density at radius 1 is 0.739 bits per heavy atom. The maximum Gasteiger partial charge on any atom is 0.264 e. The Bertz CT molecular complexity index is 416. The van der Waals surface area contributed by atoms with E-state index >= 15 is 0 Å². The fourth-order valence-corrected chi connectivity index (χ4v) is 5.03. The molecular formula is C19H36O3S. The quantitative estimate of drug-likeness (QED) is 0.571. The molecule has 0 aromatic carbocycles. The van der Waals surface area contributed by atoms with Crippen LogP contribution >= 0.6 is 0 Å². The Morgan fingerprint density at radius 2 is 1.13 bits per heavy atom. The molecule has 0 heterocycles. The molecule has 3 nitrogen and oxygen atoms in total. The summed E-state index contributed by atoms with van der Waals surface area (Å²) in [6.07, 6.45) is 17.4. The van der Waals surface area contributed by atoms with E-state index in [4.69, 9.17) is 4.18 Å². The summed E-state index contributed by atoms with van der Waals surface area (Å²) in [6, 6.07) is 0. The summed E-state index contributed by atoms with van der Waals surface area (Å²) in [7, 11) is -3.27. The smallest absolute Gasteiger partial charge is 0.264 e. The Morgan fingerprint density at radius 3 is 1.52 bits per heavy atom. The van der Waals surface area contributed by atoms with Gasteiger partial charge in [-0.3, -0.25) is 4.18 Å². The largest absolute Gasteiger partial charge is 0.270 e. The van der Waals surface area contributed by atoms with Gasteiger partial charge in [-0.15, -0.1) is 0 Å². The van der Waals surface area contributed by atoms with Crippen LogP contribution in [0.2, 0.25) is 0 Å². The molecule has 2 saturated carbocycles. The van der Waals surface area contributed by atoms with E-state index in [9.17, 15) is 8.42 Å². The molecule has 0 bridgehead atoms. The minimum Gasteiger partial charge on any atom is -0.270 e. The van der Waals surface area contributed by atoms with E-state index < -0.39 is 10.1 Å². The lowest BCUT2D eigenvalue weighted by molar-refractivity contribution is 0.173. The summed E-state index contributed by atoms with van der Waals surface area (Å²) in [5, 5.41) is 0. The van der Waals surface area contributed by atoms with Crippen molar-refractivity contribution >= 4 is 10.1 Å². The van der Waals surface area contributed by atoms with Gasteiger partial charge in [0.25, 0.3) is 10.1 Å². The van der Waals surface area contributed by atoms with Crippen LogP contribution < -0.4 is 0 Å². The molecule has 4 heteroatoms. The van der Waals surface area contributed by atoms with Crippen LogP contribution in [-0.2, 0) is 14.3 Å². The molecular weight excluding hydrogens is 308 g/mol. The molecule has 23 heavy (non-hydrogen) atoms. The number of hydrogen-bond donors (Lipinski definition) is 0. The van der Waals surface area contributed by atoms with Gasteiger partial charge >= 0.3 is 0 Å². The highest BCUT2D eigenvalue weighted by molar-refractivity contribution is 7.85. The summed E-state index contributed by atoms with van der Waals surface area (Å²) < 4.78 is 27.1. The monoisotopic (exact) mass is 344 g/mol. The van der Waals surface area contributed by atoms with Crippen molar-refractivity contribution in [3.05, 3.63) is 0 Å². The van der Waals surface area contributed by atoms with Crippen LogP contribution in [0.4, 0.5) is 0 Å². The highest BCUT2D eigenvalue weighted by Crippen LogP contribution is 2.37. The van der Waals surface area contributed by atoms with Crippen LogP contribution in [0.1, 0.15) is 84.0 Å². The summed E-state index contributed by atoms with van der Waals surface area (Å²) in [4.78, 5) is 0. The average Bonchev–Trinajstić information content (AvgIpc) is 2.53. The van der Waals surface area contributed by atoms with Crippen LogP contribution in [0.3, 0.4) is 0 Å². The molecule has 0 N–H and O–H groups in total. The lowest BCUT2D eigenvalue weighted by Gasteiger charge is -2.31. The zero-order chi connectivity index (χ0) is 16.7. The van der Waals surface area contributed by atoms with Crippen molar-refractivity contribution in [1.82, 2.24) is 0 Å². The third kappa shape index (κ3) is 7.55. The van der Waals surface area contributed by atoms with Crippen LogP contribution in [0, 0.1) is 23.7 Å². The first-order valence-electron chi connectivity index (χ1n) is 9.80. The highest BCUT2D eigenvalue weighted by Gasteiger charge is 2.25. The second-order valence-electron chi connectivity index (χ2n) is 8.13. The Hall–Kier alpha value is -0.0900. The van der Waals surface area contributed by atoms with Crippen molar-refractivity contribution in [2.45, 2.75) is 84.0 Å². The molecule has 0 radical (unpaired) electrons. The molecule has 0 atom stereocenters. The molecule has 0 spiro atoms. The lowest BCUT2D eigenvalue weighted by Crippen LogP contribution is -2.21. The van der Waals surface area contributed by atoms with Crippen LogP contribution in [0.15, 0.2) is 0 Å². The third-order valence-corrected chi connectivity index (χ3v) is 6.69. The first-order valence-corrected chi connectivity index (χ1v) is 11.6. The van der Waals surface area contributed by atoms with E-state index in [0.717, 1.165) is 36.9 Å². The summed E-state index contributed by atoms with van der Waals surface area (Å²) in [5.41, 5.74) is 0. The van der Waals surface area contributed by atoms with E-state index in [1.165, 1.54) is 64.2 Å². The minimum absolute atomic E-state index is 0.396. The highest BCUT2D eigenvalue weighted by atomic mass is 32.2. The Labute approximate surface area is 143 Å². The van der Waals surface area contributed by atoms with Crippen LogP contribution in [0.5, 0.6) is 0 Å². The predicted molar refractivity (Wildman–Crippen MR) is 95.8 cm³/mol. The van der Waals surface area contributed by atoms with Crippen molar-refractivity contribution in [2.24, 2.45) is 23.7 Å².